The number of hydrogen-bond acceptors (Lipinski definition) is 7. The van der Waals surface area contributed by atoms with Gasteiger partial charge in [0.15, 0.2) is 6.10 Å². The molecule has 8 heteroatoms. The summed E-state index contributed by atoms with van der Waals surface area (Å²) in [5, 5.41) is 11.6. The van der Waals surface area contributed by atoms with Crippen molar-refractivity contribution >= 4 is 17.9 Å². The highest BCUT2D eigenvalue weighted by molar-refractivity contribution is 5.70. The summed E-state index contributed by atoms with van der Waals surface area (Å²) in [5.41, 5.74) is 0. The van der Waals surface area contributed by atoms with Gasteiger partial charge in [-0.1, -0.05) is 138 Å². The monoisotopic (exact) mass is 728 g/mol. The minimum atomic E-state index is -1.14. The van der Waals surface area contributed by atoms with Gasteiger partial charge in [0.1, 0.15) is 12.6 Å². The molecule has 52 heavy (non-hydrogen) atoms. The van der Waals surface area contributed by atoms with Crippen LogP contribution in [0.4, 0.5) is 0 Å². The Morgan fingerprint density at radius 3 is 1.56 bits per heavy atom. The van der Waals surface area contributed by atoms with Crippen LogP contribution in [-0.2, 0) is 28.6 Å². The zero-order chi connectivity index (χ0) is 38.5. The molecule has 0 aliphatic rings. The molecule has 0 aromatic carbocycles. The van der Waals surface area contributed by atoms with Crippen LogP contribution in [0.3, 0.4) is 0 Å². The molecule has 0 aromatic heterocycles. The minimum Gasteiger partial charge on any atom is -0.544 e. The molecular weight excluding hydrogens is 654 g/mol. The molecule has 0 fully saturated rings. The number of carbonyl (C=O) groups is 3. The lowest BCUT2D eigenvalue weighted by molar-refractivity contribution is -0.889. The number of quaternary nitrogens is 1. The topological polar surface area (TPSA) is 102 Å². The number of nitrogens with zero attached hydrogens (tertiary/aromatic N) is 1. The van der Waals surface area contributed by atoms with Gasteiger partial charge in [0.05, 0.1) is 40.3 Å². The SMILES string of the molecule is CC/C=C/C/C=C/C/C=C/C/C=C/C/C=C/C/C=C/CCC(=O)OC(COCCC(C(=O)[O-])[N+](C)(C)C)COC(=O)CCCCCCCCCCC. The van der Waals surface area contributed by atoms with Crippen molar-refractivity contribution in [3.8, 4) is 0 Å². The number of hydrogen-bond donors (Lipinski definition) is 0. The molecular formula is C44H73NO7. The largest absolute Gasteiger partial charge is 0.544 e. The maximum Gasteiger partial charge on any atom is 0.306 e. The molecule has 0 N–H and O–H groups in total. The van der Waals surface area contributed by atoms with Crippen molar-refractivity contribution in [1.29, 1.82) is 0 Å². The van der Waals surface area contributed by atoms with Crippen LogP contribution in [0, 0.1) is 0 Å². The van der Waals surface area contributed by atoms with Gasteiger partial charge in [0, 0.05) is 19.3 Å². The Hall–Kier alpha value is -3.23. The van der Waals surface area contributed by atoms with E-state index in [0.717, 1.165) is 57.8 Å². The van der Waals surface area contributed by atoms with Crippen LogP contribution in [0.1, 0.15) is 136 Å². The standard InChI is InChI=1S/C44H73NO7/c1-6-8-10-12-14-16-17-18-19-20-21-22-23-24-25-27-29-31-33-35-43(47)52-40(38-50-37-36-41(44(48)49)45(3,4)5)39-51-42(46)34-32-30-28-26-15-13-11-9-7-2/h8,10,14,16,18-19,21-22,24-25,29,31,40-41H,6-7,9,11-13,15,17,20,23,26-28,30,32-39H2,1-5H3/b10-8+,16-14+,19-18+,22-21+,25-24+,31-29+. The normalized spacial score (nSPS) is 13.8. The molecule has 0 saturated heterocycles. The molecule has 2 atom stereocenters. The van der Waals surface area contributed by atoms with Crippen molar-refractivity contribution in [3.05, 3.63) is 72.9 Å². The fourth-order valence-corrected chi connectivity index (χ4v) is 5.27. The molecule has 0 spiro atoms. The molecule has 0 heterocycles. The summed E-state index contributed by atoms with van der Waals surface area (Å²) in [6.45, 7) is 4.42. The number of allylic oxidation sites excluding steroid dienone is 12. The summed E-state index contributed by atoms with van der Waals surface area (Å²) < 4.78 is 17.0. The van der Waals surface area contributed by atoms with Gasteiger partial charge >= 0.3 is 11.9 Å². The molecule has 0 bridgehead atoms. The average Bonchev–Trinajstić information content (AvgIpc) is 3.09. The summed E-state index contributed by atoms with van der Waals surface area (Å²) in [5.74, 6) is -1.86. The second-order valence-corrected chi connectivity index (χ2v) is 14.1. The van der Waals surface area contributed by atoms with E-state index in [1.807, 2.05) is 12.2 Å². The number of carboxylic acids is 1. The van der Waals surface area contributed by atoms with E-state index in [9.17, 15) is 19.5 Å². The van der Waals surface area contributed by atoms with E-state index in [-0.39, 0.29) is 43.1 Å². The first-order valence-corrected chi connectivity index (χ1v) is 20.0. The van der Waals surface area contributed by atoms with Gasteiger partial charge in [-0.2, -0.15) is 0 Å². The minimum absolute atomic E-state index is 0.00781. The summed E-state index contributed by atoms with van der Waals surface area (Å²) >= 11 is 0. The van der Waals surface area contributed by atoms with Crippen molar-refractivity contribution in [1.82, 2.24) is 0 Å². The van der Waals surface area contributed by atoms with Gasteiger partial charge in [0.2, 0.25) is 0 Å². The van der Waals surface area contributed by atoms with E-state index in [1.165, 1.54) is 38.5 Å². The number of unbranched alkanes of at least 4 members (excludes halogenated alkanes) is 8. The lowest BCUT2D eigenvalue weighted by atomic mass is 10.1. The Bertz CT molecular complexity index is 1080. The highest BCUT2D eigenvalue weighted by Crippen LogP contribution is 2.12. The molecule has 8 nitrogen and oxygen atoms in total. The van der Waals surface area contributed by atoms with Crippen molar-refractivity contribution < 1.29 is 38.2 Å². The Balaban J connectivity index is 4.53. The Labute approximate surface area is 317 Å². The van der Waals surface area contributed by atoms with E-state index < -0.39 is 24.1 Å². The quantitative estimate of drug-likeness (QED) is 0.0282. The number of ether oxygens (including phenoxy) is 3. The lowest BCUT2D eigenvalue weighted by Crippen LogP contribution is -2.55. The van der Waals surface area contributed by atoms with Gasteiger partial charge in [-0.05, 0) is 51.4 Å². The highest BCUT2D eigenvalue weighted by atomic mass is 16.6. The third kappa shape index (κ3) is 32.7. The van der Waals surface area contributed by atoms with Gasteiger partial charge in [-0.3, -0.25) is 9.59 Å². The molecule has 0 amide bonds. The van der Waals surface area contributed by atoms with Crippen LogP contribution in [0.5, 0.6) is 0 Å². The predicted octanol–water partition coefficient (Wildman–Crippen LogP) is 9.07. The van der Waals surface area contributed by atoms with E-state index in [4.69, 9.17) is 14.2 Å². The second-order valence-electron chi connectivity index (χ2n) is 14.1. The third-order valence-corrected chi connectivity index (χ3v) is 8.37. The van der Waals surface area contributed by atoms with E-state index >= 15 is 0 Å². The van der Waals surface area contributed by atoms with Crippen LogP contribution < -0.4 is 5.11 Å². The molecule has 0 aromatic rings. The predicted molar refractivity (Wildman–Crippen MR) is 212 cm³/mol. The molecule has 0 aliphatic carbocycles. The number of esters is 2. The number of aliphatic carboxylic acids is 1. The molecule has 0 rings (SSSR count). The summed E-state index contributed by atoms with van der Waals surface area (Å²) in [7, 11) is 5.36. The molecule has 2 unspecified atom stereocenters. The molecule has 0 saturated carbocycles. The van der Waals surface area contributed by atoms with E-state index in [0.29, 0.717) is 12.8 Å². The van der Waals surface area contributed by atoms with Gasteiger partial charge in [0.25, 0.3) is 0 Å². The third-order valence-electron chi connectivity index (χ3n) is 8.37. The van der Waals surface area contributed by atoms with Crippen LogP contribution >= 0.6 is 0 Å². The van der Waals surface area contributed by atoms with Crippen molar-refractivity contribution in [3.63, 3.8) is 0 Å². The Kier molecular flexibility index (Phi) is 32.7. The second kappa shape index (κ2) is 34.8. The van der Waals surface area contributed by atoms with Crippen LogP contribution in [0.2, 0.25) is 0 Å². The van der Waals surface area contributed by atoms with Crippen molar-refractivity contribution in [2.24, 2.45) is 0 Å². The van der Waals surface area contributed by atoms with E-state index in [1.54, 1.807) is 21.1 Å². The Morgan fingerprint density at radius 2 is 1.08 bits per heavy atom. The van der Waals surface area contributed by atoms with Crippen LogP contribution in [0.25, 0.3) is 0 Å². The zero-order valence-corrected chi connectivity index (χ0v) is 33.4. The molecule has 0 radical (unpaired) electrons. The number of carboxylic acid groups (broad SMARTS) is 1. The summed E-state index contributed by atoms with van der Waals surface area (Å²) in [6.07, 6.45) is 42.3. The zero-order valence-electron chi connectivity index (χ0n) is 33.4. The van der Waals surface area contributed by atoms with Gasteiger partial charge in [-0.25, -0.2) is 0 Å². The maximum atomic E-state index is 12.6. The first-order chi connectivity index (χ1) is 25.1. The fourth-order valence-electron chi connectivity index (χ4n) is 5.27. The summed E-state index contributed by atoms with van der Waals surface area (Å²) in [6, 6.07) is -0.739. The number of carbonyl (C=O) groups excluding carboxylic acids is 3. The first kappa shape index (κ1) is 48.8. The van der Waals surface area contributed by atoms with Crippen LogP contribution in [-0.4, -0.2) is 75.5 Å². The van der Waals surface area contributed by atoms with Crippen molar-refractivity contribution in [2.75, 3.05) is 41.0 Å². The average molecular weight is 728 g/mol. The number of rotatable bonds is 34. The fraction of sp³-hybridized carbons (Fsp3) is 0.659. The maximum absolute atomic E-state index is 12.6. The van der Waals surface area contributed by atoms with Crippen molar-refractivity contribution in [2.45, 2.75) is 148 Å². The van der Waals surface area contributed by atoms with Gasteiger partial charge in [-0.15, -0.1) is 0 Å². The van der Waals surface area contributed by atoms with Crippen LogP contribution in [0.15, 0.2) is 72.9 Å². The highest BCUT2D eigenvalue weighted by Gasteiger charge is 2.25. The number of likely N-dealkylation sites (N-methyl/N-ethyl adjacent to an activating group) is 1. The van der Waals surface area contributed by atoms with E-state index in [2.05, 4.69) is 74.6 Å². The van der Waals surface area contributed by atoms with Gasteiger partial charge < -0.3 is 28.6 Å². The molecule has 296 valence electrons. The molecule has 0 aliphatic heterocycles. The lowest BCUT2D eigenvalue weighted by Gasteiger charge is -2.34. The summed E-state index contributed by atoms with van der Waals surface area (Å²) in [4.78, 5) is 36.6. The smallest absolute Gasteiger partial charge is 0.306 e. The Morgan fingerprint density at radius 1 is 0.596 bits per heavy atom. The first-order valence-electron chi connectivity index (χ1n) is 20.0.